The summed E-state index contributed by atoms with van der Waals surface area (Å²) in [6, 6.07) is 12.0. The van der Waals surface area contributed by atoms with E-state index in [4.69, 9.17) is 0 Å². The minimum Gasteiger partial charge on any atom is -0.275 e. The van der Waals surface area contributed by atoms with E-state index in [1.807, 2.05) is 25.4 Å². The normalized spacial score (nSPS) is 11.8. The minimum absolute atomic E-state index is 0.132. The lowest BCUT2D eigenvalue weighted by Gasteiger charge is -2.08. The van der Waals surface area contributed by atoms with Crippen LogP contribution in [-0.4, -0.2) is 32.1 Å². The van der Waals surface area contributed by atoms with Gasteiger partial charge in [-0.1, -0.05) is 18.2 Å². The molecule has 5 rings (SSSR count). The summed E-state index contributed by atoms with van der Waals surface area (Å²) in [5.74, 6) is 0. The first kappa shape index (κ1) is 19.4. The van der Waals surface area contributed by atoms with Gasteiger partial charge in [0.2, 0.25) is 0 Å². The van der Waals surface area contributed by atoms with Gasteiger partial charge in [-0.05, 0) is 34.1 Å². The molecule has 1 aromatic carbocycles. The van der Waals surface area contributed by atoms with E-state index in [0.717, 1.165) is 11.1 Å². The van der Waals surface area contributed by atoms with Gasteiger partial charge in [0.1, 0.15) is 6.07 Å². The van der Waals surface area contributed by atoms with Crippen LogP contribution < -0.4 is 0 Å². The summed E-state index contributed by atoms with van der Waals surface area (Å²) >= 11 is 3.45. The molecule has 5 aromatic rings. The van der Waals surface area contributed by atoms with E-state index < -0.39 is 10.0 Å². The first-order valence-corrected chi connectivity index (χ1v) is 11.3. The molecular weight excluding hydrogens is 480 g/mol. The molecule has 0 fully saturated rings. The van der Waals surface area contributed by atoms with Crippen LogP contribution in [0.3, 0.4) is 0 Å². The highest BCUT2D eigenvalue weighted by Gasteiger charge is 2.26. The van der Waals surface area contributed by atoms with E-state index in [1.54, 1.807) is 35.3 Å². The van der Waals surface area contributed by atoms with Gasteiger partial charge in [0.15, 0.2) is 11.3 Å². The number of fused-ring (bicyclic) bond motifs is 3. The van der Waals surface area contributed by atoms with Crippen molar-refractivity contribution in [3.63, 3.8) is 0 Å². The molecule has 0 unspecified atom stereocenters. The second-order valence-corrected chi connectivity index (χ2v) is 9.45. The molecule has 4 aromatic heterocycles. The molecule has 0 N–H and O–H groups in total. The van der Waals surface area contributed by atoms with Gasteiger partial charge in [0, 0.05) is 41.3 Å². The van der Waals surface area contributed by atoms with Crippen molar-refractivity contribution in [3.05, 3.63) is 71.4 Å². The second-order valence-electron chi connectivity index (χ2n) is 6.87. The average molecular weight is 493 g/mol. The molecular formula is C21H13BrN6O2S. The predicted octanol–water partition coefficient (Wildman–Crippen LogP) is 3.86. The highest BCUT2D eigenvalue weighted by atomic mass is 79.9. The van der Waals surface area contributed by atoms with Crippen molar-refractivity contribution in [2.45, 2.75) is 4.90 Å². The Labute approximate surface area is 185 Å². The van der Waals surface area contributed by atoms with Crippen molar-refractivity contribution in [1.82, 2.24) is 23.7 Å². The smallest absolute Gasteiger partial charge is 0.269 e. The van der Waals surface area contributed by atoms with E-state index in [2.05, 4.69) is 31.0 Å². The summed E-state index contributed by atoms with van der Waals surface area (Å²) in [6.07, 6.45) is 6.56. The van der Waals surface area contributed by atoms with E-state index in [1.165, 1.54) is 22.3 Å². The fraction of sp³-hybridized carbons (Fsp3) is 0.0476. The summed E-state index contributed by atoms with van der Waals surface area (Å²) in [6.45, 7) is 0. The van der Waals surface area contributed by atoms with Crippen LogP contribution in [0.5, 0.6) is 0 Å². The molecule has 0 aliphatic carbocycles. The van der Waals surface area contributed by atoms with Crippen LogP contribution in [0.4, 0.5) is 0 Å². The lowest BCUT2D eigenvalue weighted by Crippen LogP contribution is -2.13. The van der Waals surface area contributed by atoms with Gasteiger partial charge in [-0.3, -0.25) is 4.68 Å². The first-order valence-electron chi connectivity index (χ1n) is 9.10. The van der Waals surface area contributed by atoms with Crippen LogP contribution >= 0.6 is 15.9 Å². The fourth-order valence-electron chi connectivity index (χ4n) is 3.55. The molecule has 8 nitrogen and oxygen atoms in total. The molecule has 0 amide bonds. The molecule has 0 atom stereocenters. The molecule has 10 heteroatoms. The topological polar surface area (TPSA) is 106 Å². The summed E-state index contributed by atoms with van der Waals surface area (Å²) in [7, 11) is -2.15. The number of nitrogens with zero attached hydrogens (tertiary/aromatic N) is 6. The quantitative estimate of drug-likeness (QED) is 0.378. The number of pyridine rings is 2. The van der Waals surface area contributed by atoms with Gasteiger partial charge in [-0.25, -0.2) is 22.4 Å². The van der Waals surface area contributed by atoms with Crippen LogP contribution in [0.25, 0.3) is 33.1 Å². The van der Waals surface area contributed by atoms with Crippen LogP contribution in [0.1, 0.15) is 5.69 Å². The Hall–Kier alpha value is -3.55. The molecule has 0 saturated heterocycles. The van der Waals surface area contributed by atoms with Crippen molar-refractivity contribution < 1.29 is 8.42 Å². The molecule has 0 saturated carbocycles. The van der Waals surface area contributed by atoms with Gasteiger partial charge < -0.3 is 0 Å². The van der Waals surface area contributed by atoms with E-state index in [9.17, 15) is 13.7 Å². The number of hydrogen-bond donors (Lipinski definition) is 0. The lowest BCUT2D eigenvalue weighted by molar-refractivity contribution is 0.590. The van der Waals surface area contributed by atoms with E-state index in [0.29, 0.717) is 20.8 Å². The maximum atomic E-state index is 13.5. The first-order chi connectivity index (χ1) is 14.9. The zero-order valence-corrected chi connectivity index (χ0v) is 18.5. The van der Waals surface area contributed by atoms with Crippen molar-refractivity contribution in [3.8, 4) is 17.2 Å². The van der Waals surface area contributed by atoms with Crippen LogP contribution in [0.15, 0.2) is 70.6 Å². The fourth-order valence-corrected chi connectivity index (χ4v) is 5.64. The molecule has 152 valence electrons. The molecule has 0 aliphatic heterocycles. The van der Waals surface area contributed by atoms with Gasteiger partial charge in [0.25, 0.3) is 10.0 Å². The van der Waals surface area contributed by atoms with Gasteiger partial charge in [-0.2, -0.15) is 10.4 Å². The summed E-state index contributed by atoms with van der Waals surface area (Å²) in [5.41, 5.74) is 2.37. The van der Waals surface area contributed by atoms with E-state index in [-0.39, 0.29) is 16.2 Å². The zero-order valence-electron chi connectivity index (χ0n) is 16.1. The molecule has 0 bridgehead atoms. The third-order valence-electron chi connectivity index (χ3n) is 4.97. The number of nitriles is 1. The minimum atomic E-state index is -3.96. The summed E-state index contributed by atoms with van der Waals surface area (Å²) in [4.78, 5) is 8.78. The number of hydrogen-bond acceptors (Lipinski definition) is 6. The highest BCUT2D eigenvalue weighted by molar-refractivity contribution is 9.10. The number of benzene rings is 1. The predicted molar refractivity (Wildman–Crippen MR) is 119 cm³/mol. The number of aryl methyl sites for hydroxylation is 1. The maximum absolute atomic E-state index is 13.5. The lowest BCUT2D eigenvalue weighted by atomic mass is 10.1. The Balaban J connectivity index is 1.92. The average Bonchev–Trinajstić information content (AvgIpc) is 3.36. The third kappa shape index (κ3) is 2.93. The Morgan fingerprint density at radius 2 is 1.84 bits per heavy atom. The largest absolute Gasteiger partial charge is 0.275 e. The molecule has 4 heterocycles. The van der Waals surface area contributed by atoms with E-state index >= 15 is 0 Å². The summed E-state index contributed by atoms with van der Waals surface area (Å²) < 4.78 is 30.4. The van der Waals surface area contributed by atoms with Gasteiger partial charge >= 0.3 is 0 Å². The number of rotatable bonds is 3. The SMILES string of the molecule is Cn1cc(-c2cnc3c(c2)c2c(Br)c(C#N)ncc2n3S(=O)(=O)c2ccccc2)cn1. The Kier molecular flexibility index (Phi) is 4.39. The van der Waals surface area contributed by atoms with Crippen molar-refractivity contribution >= 4 is 47.9 Å². The Morgan fingerprint density at radius 1 is 1.06 bits per heavy atom. The van der Waals surface area contributed by atoms with Crippen LogP contribution in [0.2, 0.25) is 0 Å². The van der Waals surface area contributed by atoms with Crippen LogP contribution in [-0.2, 0) is 17.1 Å². The number of halogens is 1. The molecule has 0 radical (unpaired) electrons. The van der Waals surface area contributed by atoms with Crippen molar-refractivity contribution in [2.24, 2.45) is 7.05 Å². The summed E-state index contributed by atoms with van der Waals surface area (Å²) in [5, 5.41) is 14.8. The Bertz CT molecular complexity index is 1630. The second kappa shape index (κ2) is 7.01. The van der Waals surface area contributed by atoms with Crippen molar-refractivity contribution in [1.29, 1.82) is 5.26 Å². The third-order valence-corrected chi connectivity index (χ3v) is 7.46. The molecule has 0 spiro atoms. The highest BCUT2D eigenvalue weighted by Crippen LogP contribution is 2.38. The van der Waals surface area contributed by atoms with Gasteiger partial charge in [0.05, 0.1) is 27.3 Å². The number of aromatic nitrogens is 5. The Morgan fingerprint density at radius 3 is 2.52 bits per heavy atom. The zero-order chi connectivity index (χ0) is 21.8. The maximum Gasteiger partial charge on any atom is 0.269 e. The van der Waals surface area contributed by atoms with Gasteiger partial charge in [-0.15, -0.1) is 0 Å². The molecule has 0 aliphatic rings. The van der Waals surface area contributed by atoms with Crippen LogP contribution in [0, 0.1) is 11.3 Å². The standard InChI is InChI=1S/C21H13BrN6O2S/c1-27-12-14(10-26-27)13-7-16-19-18(11-24-17(8-23)20(19)22)28(21(16)25-9-13)31(29,30)15-5-3-2-4-6-15/h2-7,9-12H,1H3. The monoisotopic (exact) mass is 492 g/mol. The van der Waals surface area contributed by atoms with Crippen molar-refractivity contribution in [2.75, 3.05) is 0 Å². The molecule has 31 heavy (non-hydrogen) atoms.